The summed E-state index contributed by atoms with van der Waals surface area (Å²) in [5.41, 5.74) is 0.720. The molecule has 0 atom stereocenters. The van der Waals surface area contributed by atoms with Crippen LogP contribution < -0.4 is 5.32 Å². The summed E-state index contributed by atoms with van der Waals surface area (Å²) >= 11 is 1.38. The molecule has 1 N–H and O–H groups in total. The lowest BCUT2D eigenvalue weighted by Gasteiger charge is -2.06. The molecule has 0 spiro atoms. The second kappa shape index (κ2) is 7.76. The van der Waals surface area contributed by atoms with E-state index in [0.29, 0.717) is 29.3 Å². The number of benzene rings is 2. The summed E-state index contributed by atoms with van der Waals surface area (Å²) in [4.78, 5) is 16.6. The third-order valence-corrected chi connectivity index (χ3v) is 6.18. The predicted molar refractivity (Wildman–Crippen MR) is 112 cm³/mol. The quantitative estimate of drug-likeness (QED) is 0.476. The number of hydrogen-bond acceptors (Lipinski definition) is 7. The Balaban J connectivity index is 1.30. The monoisotopic (exact) mass is 451 g/mol. The van der Waals surface area contributed by atoms with Gasteiger partial charge in [-0.2, -0.15) is 5.26 Å². The van der Waals surface area contributed by atoms with Crippen LogP contribution in [0.5, 0.6) is 0 Å². The van der Waals surface area contributed by atoms with Crippen LogP contribution in [0.4, 0.5) is 8.78 Å². The molecule has 160 valence electrons. The molecule has 0 aliphatic heterocycles. The Morgan fingerprint density at radius 1 is 1.22 bits per heavy atom. The van der Waals surface area contributed by atoms with Crippen molar-refractivity contribution >= 4 is 27.5 Å². The van der Waals surface area contributed by atoms with Gasteiger partial charge in [0, 0.05) is 5.56 Å². The first-order chi connectivity index (χ1) is 15.4. The highest BCUT2D eigenvalue weighted by Gasteiger charge is 2.44. The number of nitriles is 1. The number of carbonyl (C=O) groups is 1. The molecule has 1 aliphatic rings. The molecule has 7 nitrogen and oxygen atoms in total. The lowest BCUT2D eigenvalue weighted by molar-refractivity contribution is -0.121. The molecule has 2 aromatic carbocycles. The van der Waals surface area contributed by atoms with Crippen LogP contribution in [0, 0.1) is 23.0 Å². The van der Waals surface area contributed by atoms with E-state index in [2.05, 4.69) is 26.6 Å². The SMILES string of the molecule is N#CC1(NC(=O)Cc2nnc(Cc3nc4ccc(-c5cccc(F)c5F)cc4s3)o2)CC1. The van der Waals surface area contributed by atoms with E-state index in [9.17, 15) is 13.6 Å². The van der Waals surface area contributed by atoms with Crippen molar-refractivity contribution < 1.29 is 18.0 Å². The van der Waals surface area contributed by atoms with Crippen molar-refractivity contribution in [1.82, 2.24) is 20.5 Å². The maximum Gasteiger partial charge on any atom is 0.230 e. The van der Waals surface area contributed by atoms with Gasteiger partial charge in [-0.25, -0.2) is 13.8 Å². The normalized spacial score (nSPS) is 14.3. The van der Waals surface area contributed by atoms with Gasteiger partial charge in [0.2, 0.25) is 17.7 Å². The Kier molecular flexibility index (Phi) is 4.90. The number of amides is 1. The van der Waals surface area contributed by atoms with Gasteiger partial charge in [0.15, 0.2) is 11.6 Å². The van der Waals surface area contributed by atoms with Gasteiger partial charge in [0.1, 0.15) is 17.0 Å². The van der Waals surface area contributed by atoms with Crippen LogP contribution in [0.2, 0.25) is 0 Å². The average molecular weight is 451 g/mol. The molecular weight excluding hydrogens is 436 g/mol. The van der Waals surface area contributed by atoms with Crippen molar-refractivity contribution in [3.63, 3.8) is 0 Å². The Hall–Kier alpha value is -3.71. The Bertz CT molecular complexity index is 1390. The van der Waals surface area contributed by atoms with E-state index in [1.54, 1.807) is 18.2 Å². The highest BCUT2D eigenvalue weighted by Crippen LogP contribution is 2.34. The summed E-state index contributed by atoms with van der Waals surface area (Å²) in [7, 11) is 0. The largest absolute Gasteiger partial charge is 0.424 e. The van der Waals surface area contributed by atoms with Crippen LogP contribution in [-0.4, -0.2) is 26.6 Å². The number of thiazole rings is 1. The van der Waals surface area contributed by atoms with Gasteiger partial charge in [-0.15, -0.1) is 21.5 Å². The first-order valence-electron chi connectivity index (χ1n) is 9.82. The molecule has 5 rings (SSSR count). The van der Waals surface area contributed by atoms with Crippen molar-refractivity contribution in [3.8, 4) is 17.2 Å². The van der Waals surface area contributed by atoms with Crippen molar-refractivity contribution in [1.29, 1.82) is 5.26 Å². The van der Waals surface area contributed by atoms with Crippen LogP contribution >= 0.6 is 11.3 Å². The van der Waals surface area contributed by atoms with Gasteiger partial charge in [0.05, 0.1) is 22.7 Å². The molecule has 1 amide bonds. The minimum absolute atomic E-state index is 0.0984. The topological polar surface area (TPSA) is 105 Å². The van der Waals surface area contributed by atoms with Gasteiger partial charge >= 0.3 is 0 Å². The highest BCUT2D eigenvalue weighted by molar-refractivity contribution is 7.18. The second-order valence-electron chi connectivity index (χ2n) is 7.58. The van der Waals surface area contributed by atoms with E-state index >= 15 is 0 Å². The second-order valence-corrected chi connectivity index (χ2v) is 8.69. The molecule has 0 bridgehead atoms. The van der Waals surface area contributed by atoms with Gasteiger partial charge < -0.3 is 9.73 Å². The van der Waals surface area contributed by atoms with E-state index in [-0.39, 0.29) is 30.2 Å². The van der Waals surface area contributed by atoms with Gasteiger partial charge in [-0.05, 0) is 36.6 Å². The smallest absolute Gasteiger partial charge is 0.230 e. The summed E-state index contributed by atoms with van der Waals surface area (Å²) in [6, 6.07) is 11.4. The van der Waals surface area contributed by atoms with Crippen molar-refractivity contribution in [2.24, 2.45) is 0 Å². The molecule has 0 unspecified atom stereocenters. The van der Waals surface area contributed by atoms with Crippen LogP contribution in [0.15, 0.2) is 40.8 Å². The number of halogens is 2. The van der Waals surface area contributed by atoms with E-state index in [4.69, 9.17) is 9.68 Å². The Morgan fingerprint density at radius 2 is 2.03 bits per heavy atom. The number of nitrogens with one attached hydrogen (secondary N) is 1. The lowest BCUT2D eigenvalue weighted by Crippen LogP contribution is -2.36. The first-order valence-corrected chi connectivity index (χ1v) is 10.6. The number of carbonyl (C=O) groups excluding carboxylic acids is 1. The summed E-state index contributed by atoms with van der Waals surface area (Å²) in [6.45, 7) is 0. The van der Waals surface area contributed by atoms with E-state index in [1.165, 1.54) is 23.5 Å². The molecule has 1 aliphatic carbocycles. The fraction of sp³-hybridized carbons (Fsp3) is 0.227. The summed E-state index contributed by atoms with van der Waals surface area (Å²) in [5, 5.41) is 20.3. The average Bonchev–Trinajstić information content (AvgIpc) is 3.21. The molecule has 4 aromatic rings. The zero-order valence-electron chi connectivity index (χ0n) is 16.6. The number of nitrogens with zero attached hydrogens (tertiary/aromatic N) is 4. The van der Waals surface area contributed by atoms with E-state index < -0.39 is 17.2 Å². The Labute approximate surface area is 184 Å². The van der Waals surface area contributed by atoms with E-state index in [0.717, 1.165) is 16.3 Å². The number of hydrogen-bond donors (Lipinski definition) is 1. The van der Waals surface area contributed by atoms with Crippen molar-refractivity contribution in [2.75, 3.05) is 0 Å². The molecular formula is C22H15F2N5O2S. The third kappa shape index (κ3) is 3.94. The van der Waals surface area contributed by atoms with Crippen molar-refractivity contribution in [3.05, 3.63) is 64.8 Å². The van der Waals surface area contributed by atoms with Crippen LogP contribution in [0.1, 0.15) is 29.6 Å². The maximum atomic E-state index is 14.1. The van der Waals surface area contributed by atoms with E-state index in [1.807, 2.05) is 0 Å². The zero-order chi connectivity index (χ0) is 22.3. The minimum atomic E-state index is -0.895. The van der Waals surface area contributed by atoms with Crippen LogP contribution in [-0.2, 0) is 17.6 Å². The first kappa shape index (κ1) is 20.2. The standard InChI is InChI=1S/C22H15F2N5O2S/c23-14-3-1-2-13(21(14)24)12-4-5-15-16(8-12)32-20(26-15)10-19-29-28-18(31-19)9-17(30)27-22(11-25)6-7-22/h1-5,8H,6-7,9-10H2,(H,27,30). The zero-order valence-corrected chi connectivity index (χ0v) is 17.4. The van der Waals surface area contributed by atoms with Crippen LogP contribution in [0.3, 0.4) is 0 Å². The van der Waals surface area contributed by atoms with Gasteiger partial charge in [-0.3, -0.25) is 4.79 Å². The molecule has 2 heterocycles. The molecule has 10 heteroatoms. The van der Waals surface area contributed by atoms with Crippen LogP contribution in [0.25, 0.3) is 21.3 Å². The number of rotatable bonds is 6. The molecule has 0 saturated heterocycles. The molecule has 1 saturated carbocycles. The fourth-order valence-electron chi connectivity index (χ4n) is 3.34. The minimum Gasteiger partial charge on any atom is -0.424 e. The molecule has 1 fully saturated rings. The highest BCUT2D eigenvalue weighted by atomic mass is 32.1. The Morgan fingerprint density at radius 3 is 2.81 bits per heavy atom. The fourth-order valence-corrected chi connectivity index (χ4v) is 4.34. The molecule has 32 heavy (non-hydrogen) atoms. The van der Waals surface area contributed by atoms with Gasteiger partial charge in [0.25, 0.3) is 0 Å². The summed E-state index contributed by atoms with van der Waals surface area (Å²) < 4.78 is 34.1. The third-order valence-electron chi connectivity index (χ3n) is 5.16. The van der Waals surface area contributed by atoms with Gasteiger partial charge in [-0.1, -0.05) is 18.2 Å². The number of aromatic nitrogens is 3. The summed E-state index contributed by atoms with van der Waals surface area (Å²) in [6.07, 6.45) is 1.48. The maximum absolute atomic E-state index is 14.1. The lowest BCUT2D eigenvalue weighted by atomic mass is 10.0. The number of fused-ring (bicyclic) bond motifs is 1. The summed E-state index contributed by atoms with van der Waals surface area (Å²) in [5.74, 6) is -1.65. The molecule has 2 aromatic heterocycles. The molecule has 0 radical (unpaired) electrons. The predicted octanol–water partition coefficient (Wildman–Crippen LogP) is 3.93. The van der Waals surface area contributed by atoms with Crippen molar-refractivity contribution in [2.45, 2.75) is 31.2 Å².